The lowest BCUT2D eigenvalue weighted by Crippen LogP contribution is -2.26. The van der Waals surface area contributed by atoms with Gasteiger partial charge in [0.25, 0.3) is 0 Å². The number of hydrogen-bond acceptors (Lipinski definition) is 3. The molecule has 29 heavy (non-hydrogen) atoms. The number of aromatic nitrogens is 2. The van der Waals surface area contributed by atoms with E-state index >= 15 is 0 Å². The van der Waals surface area contributed by atoms with Gasteiger partial charge in [-0.25, -0.2) is 13.8 Å². The van der Waals surface area contributed by atoms with Crippen molar-refractivity contribution in [3.8, 4) is 0 Å². The molecular formula is C22H19F2N3O2. The Balaban J connectivity index is 1.21. The number of H-pyrrole nitrogens is 1. The van der Waals surface area contributed by atoms with Crippen molar-refractivity contribution in [2.75, 3.05) is 0 Å². The van der Waals surface area contributed by atoms with E-state index in [1.54, 1.807) is 18.2 Å². The predicted octanol–water partition coefficient (Wildman–Crippen LogP) is 4.96. The molecule has 0 bridgehead atoms. The van der Waals surface area contributed by atoms with Gasteiger partial charge >= 0.3 is 0 Å². The molecular weight excluding hydrogens is 376 g/mol. The molecule has 0 saturated heterocycles. The summed E-state index contributed by atoms with van der Waals surface area (Å²) >= 11 is 0. The van der Waals surface area contributed by atoms with Gasteiger partial charge in [0.05, 0.1) is 17.1 Å². The fourth-order valence-corrected chi connectivity index (χ4v) is 3.84. The fourth-order valence-electron chi connectivity index (χ4n) is 3.84. The Morgan fingerprint density at radius 3 is 2.90 bits per heavy atom. The summed E-state index contributed by atoms with van der Waals surface area (Å²) in [7, 11) is 0. The number of imidazole rings is 1. The number of nitrogens with one attached hydrogen (secondary N) is 2. The van der Waals surface area contributed by atoms with Gasteiger partial charge in [-0.05, 0) is 61.7 Å². The van der Waals surface area contributed by atoms with Crippen LogP contribution >= 0.6 is 0 Å². The van der Waals surface area contributed by atoms with Crippen LogP contribution in [0.1, 0.15) is 43.3 Å². The number of hydrogen-bond donors (Lipinski definition) is 2. The number of furan rings is 1. The SMILES string of the molecule is C[C@@H](NC(=O)C[C@@H]1C[C@@H]1c1nc2ccc(F)cc2[nH]1)c1cc2cc(F)ccc2o1. The molecule has 0 aliphatic heterocycles. The molecule has 1 aliphatic carbocycles. The summed E-state index contributed by atoms with van der Waals surface area (Å²) < 4.78 is 32.4. The van der Waals surface area contributed by atoms with Crippen molar-refractivity contribution in [3.05, 3.63) is 65.7 Å². The lowest BCUT2D eigenvalue weighted by molar-refractivity contribution is -0.122. The quantitative estimate of drug-likeness (QED) is 0.502. The molecule has 2 heterocycles. The lowest BCUT2D eigenvalue weighted by Gasteiger charge is -2.11. The Hall–Kier alpha value is -3.22. The molecule has 1 amide bonds. The summed E-state index contributed by atoms with van der Waals surface area (Å²) in [5, 5.41) is 3.61. The Labute approximate surface area is 165 Å². The van der Waals surface area contributed by atoms with Crippen molar-refractivity contribution in [1.29, 1.82) is 0 Å². The van der Waals surface area contributed by atoms with Gasteiger partial charge in [0.15, 0.2) is 0 Å². The molecule has 5 nitrogen and oxygen atoms in total. The first-order valence-electron chi connectivity index (χ1n) is 9.60. The van der Waals surface area contributed by atoms with Crippen LogP contribution < -0.4 is 5.32 Å². The molecule has 0 radical (unpaired) electrons. The van der Waals surface area contributed by atoms with Crippen LogP contribution in [-0.4, -0.2) is 15.9 Å². The van der Waals surface area contributed by atoms with Crippen LogP contribution in [0.4, 0.5) is 8.78 Å². The van der Waals surface area contributed by atoms with E-state index < -0.39 is 0 Å². The van der Waals surface area contributed by atoms with E-state index in [-0.39, 0.29) is 35.4 Å². The summed E-state index contributed by atoms with van der Waals surface area (Å²) in [5.74, 6) is 1.08. The molecule has 1 saturated carbocycles. The molecule has 1 aliphatic rings. The van der Waals surface area contributed by atoms with Crippen LogP contribution in [0.25, 0.3) is 22.0 Å². The standard InChI is InChI=1S/C22H19F2N3O2/c1-11(20-8-13-6-14(23)3-5-19(13)29-20)25-21(28)9-12-7-16(12)22-26-17-4-2-15(24)10-18(17)27-22/h2-6,8,10-12,16H,7,9H2,1H3,(H,25,28)(H,26,27)/t11-,12+,16+/m1/s1. The number of halogens is 2. The summed E-state index contributed by atoms with van der Waals surface area (Å²) in [6, 6.07) is 10.2. The van der Waals surface area contributed by atoms with Crippen LogP contribution in [0, 0.1) is 17.6 Å². The molecule has 3 atom stereocenters. The average molecular weight is 395 g/mol. The number of nitrogens with zero attached hydrogens (tertiary/aromatic N) is 1. The average Bonchev–Trinajstić information content (AvgIpc) is 3.11. The Bertz CT molecular complexity index is 1230. The van der Waals surface area contributed by atoms with Gasteiger partial charge in [-0.2, -0.15) is 0 Å². The van der Waals surface area contributed by atoms with Gasteiger partial charge in [-0.15, -0.1) is 0 Å². The van der Waals surface area contributed by atoms with Gasteiger partial charge in [0.2, 0.25) is 5.91 Å². The van der Waals surface area contributed by atoms with Gasteiger partial charge in [-0.1, -0.05) is 0 Å². The Morgan fingerprint density at radius 2 is 2.03 bits per heavy atom. The third-order valence-electron chi connectivity index (χ3n) is 5.49. The zero-order valence-electron chi connectivity index (χ0n) is 15.7. The van der Waals surface area contributed by atoms with E-state index in [1.165, 1.54) is 24.3 Å². The van der Waals surface area contributed by atoms with Crippen molar-refractivity contribution in [2.24, 2.45) is 5.92 Å². The van der Waals surface area contributed by atoms with Crippen molar-refractivity contribution >= 4 is 27.9 Å². The van der Waals surface area contributed by atoms with Crippen LogP contribution in [-0.2, 0) is 4.79 Å². The molecule has 0 unspecified atom stereocenters. The summed E-state index contributed by atoms with van der Waals surface area (Å²) in [5.41, 5.74) is 1.99. The highest BCUT2D eigenvalue weighted by atomic mass is 19.1. The highest BCUT2D eigenvalue weighted by Gasteiger charge is 2.42. The summed E-state index contributed by atoms with van der Waals surface area (Å²) in [6.07, 6.45) is 1.25. The van der Waals surface area contributed by atoms with Crippen molar-refractivity contribution in [3.63, 3.8) is 0 Å². The van der Waals surface area contributed by atoms with Crippen molar-refractivity contribution in [2.45, 2.75) is 31.7 Å². The number of fused-ring (bicyclic) bond motifs is 2. The van der Waals surface area contributed by atoms with E-state index in [9.17, 15) is 13.6 Å². The smallest absolute Gasteiger partial charge is 0.220 e. The maximum Gasteiger partial charge on any atom is 0.220 e. The number of rotatable bonds is 5. The third-order valence-corrected chi connectivity index (χ3v) is 5.49. The molecule has 2 aromatic heterocycles. The molecule has 7 heteroatoms. The van der Waals surface area contributed by atoms with Crippen molar-refractivity contribution in [1.82, 2.24) is 15.3 Å². The topological polar surface area (TPSA) is 70.9 Å². The minimum absolute atomic E-state index is 0.0706. The number of carbonyl (C=O) groups is 1. The minimum atomic E-state index is -0.324. The molecule has 1 fully saturated rings. The van der Waals surface area contributed by atoms with Gasteiger partial charge in [-0.3, -0.25) is 4.79 Å². The summed E-state index contributed by atoms with van der Waals surface area (Å²) in [4.78, 5) is 20.1. The Kier molecular flexibility index (Phi) is 4.12. The maximum atomic E-state index is 13.3. The van der Waals surface area contributed by atoms with Crippen LogP contribution in [0.3, 0.4) is 0 Å². The van der Waals surface area contributed by atoms with E-state index in [2.05, 4.69) is 15.3 Å². The fraction of sp³-hybridized carbons (Fsp3) is 0.273. The van der Waals surface area contributed by atoms with Crippen LogP contribution in [0.2, 0.25) is 0 Å². The van der Waals surface area contributed by atoms with E-state index in [0.29, 0.717) is 28.7 Å². The largest absolute Gasteiger partial charge is 0.459 e. The van der Waals surface area contributed by atoms with Gasteiger partial charge < -0.3 is 14.7 Å². The lowest BCUT2D eigenvalue weighted by atomic mass is 10.2. The highest BCUT2D eigenvalue weighted by Crippen LogP contribution is 2.48. The first kappa shape index (κ1) is 17.8. The normalized spacial score (nSPS) is 19.6. The predicted molar refractivity (Wildman–Crippen MR) is 104 cm³/mol. The number of amides is 1. The zero-order valence-corrected chi connectivity index (χ0v) is 15.7. The summed E-state index contributed by atoms with van der Waals surface area (Å²) in [6.45, 7) is 1.84. The van der Waals surface area contributed by atoms with E-state index in [4.69, 9.17) is 4.42 Å². The first-order chi connectivity index (χ1) is 14.0. The van der Waals surface area contributed by atoms with E-state index in [1.807, 2.05) is 6.92 Å². The maximum absolute atomic E-state index is 13.3. The van der Waals surface area contributed by atoms with Gasteiger partial charge in [0, 0.05) is 17.7 Å². The molecule has 2 aromatic carbocycles. The third kappa shape index (κ3) is 3.48. The highest BCUT2D eigenvalue weighted by molar-refractivity contribution is 5.80. The molecule has 0 spiro atoms. The minimum Gasteiger partial charge on any atom is -0.459 e. The first-order valence-corrected chi connectivity index (χ1v) is 9.60. The van der Waals surface area contributed by atoms with Crippen LogP contribution in [0.5, 0.6) is 0 Å². The van der Waals surface area contributed by atoms with Gasteiger partial charge in [0.1, 0.15) is 28.8 Å². The van der Waals surface area contributed by atoms with Crippen LogP contribution in [0.15, 0.2) is 46.9 Å². The second-order valence-corrected chi connectivity index (χ2v) is 7.71. The number of aromatic amines is 1. The van der Waals surface area contributed by atoms with E-state index in [0.717, 1.165) is 17.8 Å². The molecule has 4 aromatic rings. The molecule has 2 N–H and O–H groups in total. The van der Waals surface area contributed by atoms with Crippen molar-refractivity contribution < 1.29 is 18.0 Å². The molecule has 5 rings (SSSR count). The number of carbonyl (C=O) groups excluding carboxylic acids is 1. The zero-order chi connectivity index (χ0) is 20.1. The second kappa shape index (κ2) is 6.69. The molecule has 148 valence electrons. The Morgan fingerprint density at radius 1 is 1.24 bits per heavy atom. The number of benzene rings is 2. The second-order valence-electron chi connectivity index (χ2n) is 7.71. The monoisotopic (exact) mass is 395 g/mol.